The molecule has 1 aliphatic carbocycles. The van der Waals surface area contributed by atoms with E-state index in [1.54, 1.807) is 0 Å². The lowest BCUT2D eigenvalue weighted by Crippen LogP contribution is -2.42. The number of carbonyl (C=O) groups is 1. The van der Waals surface area contributed by atoms with Gasteiger partial charge >= 0.3 is 6.09 Å². The van der Waals surface area contributed by atoms with Crippen molar-refractivity contribution < 1.29 is 9.53 Å². The first-order chi connectivity index (χ1) is 4.72. The highest BCUT2D eigenvalue weighted by Crippen LogP contribution is 2.39. The van der Waals surface area contributed by atoms with Crippen molar-refractivity contribution in [2.45, 2.75) is 24.9 Å². The number of ether oxygens (including phenoxy) is 1. The van der Waals surface area contributed by atoms with E-state index in [0.29, 0.717) is 6.54 Å². The highest BCUT2D eigenvalue weighted by Gasteiger charge is 2.48. The number of nitrogens with two attached hydrogens (primary N) is 1. The molecule has 0 aromatic heterocycles. The van der Waals surface area contributed by atoms with Crippen LogP contribution in [0.4, 0.5) is 4.79 Å². The molecule has 10 heavy (non-hydrogen) atoms. The van der Waals surface area contributed by atoms with Crippen LogP contribution in [0.25, 0.3) is 0 Å². The van der Waals surface area contributed by atoms with E-state index in [4.69, 9.17) is 10.6 Å². The summed E-state index contributed by atoms with van der Waals surface area (Å²) in [7, 11) is 0. The molecule has 1 saturated carbocycles. The van der Waals surface area contributed by atoms with Gasteiger partial charge in [0.25, 0.3) is 0 Å². The molecular formula is C6H10N2O2. The third-order valence-electron chi connectivity index (χ3n) is 2.26. The van der Waals surface area contributed by atoms with Crippen molar-refractivity contribution in [3.63, 3.8) is 0 Å². The Hall–Kier alpha value is -0.770. The number of rotatable bonds is 0. The molecule has 1 spiro atoms. The van der Waals surface area contributed by atoms with Gasteiger partial charge in [-0.05, 0) is 19.3 Å². The zero-order valence-corrected chi connectivity index (χ0v) is 5.67. The maximum atomic E-state index is 10.8. The summed E-state index contributed by atoms with van der Waals surface area (Å²) in [6.07, 6.45) is 2.74. The summed E-state index contributed by atoms with van der Waals surface area (Å²) in [4.78, 5) is 10.8. The van der Waals surface area contributed by atoms with Crippen LogP contribution in [-0.4, -0.2) is 23.2 Å². The smallest absolute Gasteiger partial charge is 0.424 e. The molecule has 0 atom stereocenters. The van der Waals surface area contributed by atoms with Gasteiger partial charge in [-0.15, -0.1) is 0 Å². The maximum Gasteiger partial charge on any atom is 0.424 e. The van der Waals surface area contributed by atoms with Crippen molar-refractivity contribution in [2.24, 2.45) is 5.84 Å². The quantitative estimate of drug-likeness (QED) is 0.389. The molecule has 0 radical (unpaired) electrons. The average Bonchev–Trinajstić information content (AvgIpc) is 2.08. The summed E-state index contributed by atoms with van der Waals surface area (Å²) < 4.78 is 5.06. The molecule has 0 aromatic rings. The van der Waals surface area contributed by atoms with E-state index in [1.165, 1.54) is 0 Å². The standard InChI is InChI=1S/C6H10N2O2/c7-8-4-6(2-1-3-6)10-5(8)9/h1-4,7H2. The Balaban J connectivity index is 2.10. The molecule has 0 unspecified atom stereocenters. The Morgan fingerprint density at radius 1 is 1.60 bits per heavy atom. The van der Waals surface area contributed by atoms with Crippen molar-refractivity contribution in [2.75, 3.05) is 6.54 Å². The molecule has 2 fully saturated rings. The van der Waals surface area contributed by atoms with E-state index in [1.807, 2.05) is 0 Å². The van der Waals surface area contributed by atoms with Crippen molar-refractivity contribution in [3.8, 4) is 0 Å². The summed E-state index contributed by atoms with van der Waals surface area (Å²) in [5, 5.41) is 1.15. The molecule has 0 bridgehead atoms. The molecule has 1 amide bonds. The first-order valence-electron chi connectivity index (χ1n) is 3.47. The van der Waals surface area contributed by atoms with Crippen LogP contribution in [0.2, 0.25) is 0 Å². The van der Waals surface area contributed by atoms with Crippen molar-refractivity contribution in [1.82, 2.24) is 5.01 Å². The zero-order chi connectivity index (χ0) is 7.19. The van der Waals surface area contributed by atoms with Gasteiger partial charge in [0.15, 0.2) is 0 Å². The normalized spacial score (nSPS) is 28.5. The predicted molar refractivity (Wildman–Crippen MR) is 34.0 cm³/mol. The van der Waals surface area contributed by atoms with Crippen LogP contribution in [0.15, 0.2) is 0 Å². The Bertz CT molecular complexity index is 177. The van der Waals surface area contributed by atoms with Gasteiger partial charge in [0.2, 0.25) is 0 Å². The molecule has 1 aliphatic heterocycles. The first kappa shape index (κ1) is 5.97. The van der Waals surface area contributed by atoms with Gasteiger partial charge in [-0.1, -0.05) is 0 Å². The highest BCUT2D eigenvalue weighted by atomic mass is 16.6. The van der Waals surface area contributed by atoms with Crippen LogP contribution in [0, 0.1) is 0 Å². The molecule has 56 valence electrons. The molecule has 1 heterocycles. The summed E-state index contributed by atoms with van der Waals surface area (Å²) in [5.41, 5.74) is -0.189. The molecular weight excluding hydrogens is 132 g/mol. The van der Waals surface area contributed by atoms with E-state index in [2.05, 4.69) is 0 Å². The van der Waals surface area contributed by atoms with Gasteiger partial charge in [0, 0.05) is 0 Å². The largest absolute Gasteiger partial charge is 0.440 e. The minimum atomic E-state index is -0.375. The van der Waals surface area contributed by atoms with Gasteiger partial charge < -0.3 is 4.74 Å². The number of hydrazine groups is 1. The minimum absolute atomic E-state index is 0.189. The lowest BCUT2D eigenvalue weighted by Gasteiger charge is -2.34. The second-order valence-electron chi connectivity index (χ2n) is 3.03. The Morgan fingerprint density at radius 2 is 2.30 bits per heavy atom. The van der Waals surface area contributed by atoms with Crippen LogP contribution < -0.4 is 5.84 Å². The summed E-state index contributed by atoms with van der Waals surface area (Å²) in [6.45, 7) is 0.575. The van der Waals surface area contributed by atoms with Crippen molar-refractivity contribution in [1.29, 1.82) is 0 Å². The van der Waals surface area contributed by atoms with Crippen LogP contribution in [0.5, 0.6) is 0 Å². The fourth-order valence-corrected chi connectivity index (χ4v) is 1.48. The molecule has 2 rings (SSSR count). The maximum absolute atomic E-state index is 10.8. The molecule has 1 saturated heterocycles. The topological polar surface area (TPSA) is 55.6 Å². The van der Waals surface area contributed by atoms with Crippen molar-refractivity contribution in [3.05, 3.63) is 0 Å². The zero-order valence-electron chi connectivity index (χ0n) is 5.67. The number of amides is 1. The third-order valence-corrected chi connectivity index (χ3v) is 2.26. The molecule has 2 aliphatic rings. The van der Waals surface area contributed by atoms with Gasteiger partial charge in [0.1, 0.15) is 5.60 Å². The van der Waals surface area contributed by atoms with Gasteiger partial charge in [-0.25, -0.2) is 15.6 Å². The van der Waals surface area contributed by atoms with Crippen LogP contribution in [-0.2, 0) is 4.74 Å². The lowest BCUT2D eigenvalue weighted by atomic mass is 9.80. The number of carbonyl (C=O) groups excluding carboxylic acids is 1. The number of hydrogen-bond acceptors (Lipinski definition) is 3. The molecule has 0 aromatic carbocycles. The van der Waals surface area contributed by atoms with Gasteiger partial charge in [-0.3, -0.25) is 0 Å². The molecule has 4 nitrogen and oxygen atoms in total. The SMILES string of the molecule is NN1CC2(CCC2)OC1=O. The highest BCUT2D eigenvalue weighted by molar-refractivity contribution is 5.70. The van der Waals surface area contributed by atoms with E-state index in [0.717, 1.165) is 24.3 Å². The van der Waals surface area contributed by atoms with E-state index < -0.39 is 0 Å². The fourth-order valence-electron chi connectivity index (χ4n) is 1.48. The minimum Gasteiger partial charge on any atom is -0.440 e. The van der Waals surface area contributed by atoms with Gasteiger partial charge in [-0.2, -0.15) is 0 Å². The second-order valence-corrected chi connectivity index (χ2v) is 3.03. The van der Waals surface area contributed by atoms with E-state index in [-0.39, 0.29) is 11.7 Å². The van der Waals surface area contributed by atoms with Crippen LogP contribution in [0.3, 0.4) is 0 Å². The first-order valence-corrected chi connectivity index (χ1v) is 3.47. The van der Waals surface area contributed by atoms with E-state index in [9.17, 15) is 4.79 Å². The third kappa shape index (κ3) is 0.623. The predicted octanol–water partition coefficient (Wildman–Crippen LogP) is 0.235. The van der Waals surface area contributed by atoms with Crippen LogP contribution in [0.1, 0.15) is 19.3 Å². The monoisotopic (exact) mass is 142 g/mol. The molecule has 4 heteroatoms. The number of hydrogen-bond donors (Lipinski definition) is 1. The Kier molecular flexibility index (Phi) is 0.976. The average molecular weight is 142 g/mol. The second kappa shape index (κ2) is 1.63. The Labute approximate surface area is 58.9 Å². The fraction of sp³-hybridized carbons (Fsp3) is 0.833. The van der Waals surface area contributed by atoms with Crippen LogP contribution >= 0.6 is 0 Å². The summed E-state index contributed by atoms with van der Waals surface area (Å²) in [6, 6.07) is 0. The number of nitrogens with zero attached hydrogens (tertiary/aromatic N) is 1. The summed E-state index contributed by atoms with van der Waals surface area (Å²) >= 11 is 0. The van der Waals surface area contributed by atoms with Gasteiger partial charge in [0.05, 0.1) is 6.54 Å². The van der Waals surface area contributed by atoms with Crippen molar-refractivity contribution >= 4 is 6.09 Å². The Morgan fingerprint density at radius 3 is 2.50 bits per heavy atom. The van der Waals surface area contributed by atoms with E-state index >= 15 is 0 Å². The lowest BCUT2D eigenvalue weighted by molar-refractivity contribution is -0.00687. The molecule has 2 N–H and O–H groups in total. The summed E-state index contributed by atoms with van der Waals surface area (Å²) in [5.74, 6) is 5.32.